The summed E-state index contributed by atoms with van der Waals surface area (Å²) in [4.78, 5) is 11.1. The molecule has 0 aliphatic heterocycles. The molecule has 29 heavy (non-hydrogen) atoms. The van der Waals surface area contributed by atoms with Gasteiger partial charge in [-0.05, 0) is 47.2 Å². The second-order valence-corrected chi connectivity index (χ2v) is 7.18. The molecule has 0 spiro atoms. The van der Waals surface area contributed by atoms with Crippen molar-refractivity contribution in [3.05, 3.63) is 89.9 Å². The number of aromatic amines is 1. The van der Waals surface area contributed by atoms with Gasteiger partial charge < -0.3 is 9.72 Å². The Morgan fingerprint density at radius 3 is 2.86 bits per heavy atom. The lowest BCUT2D eigenvalue weighted by Crippen LogP contribution is -2.11. The highest BCUT2D eigenvalue weighted by atomic mass is 19.1. The van der Waals surface area contributed by atoms with E-state index >= 15 is 0 Å². The molecule has 0 saturated carbocycles. The number of hydrogen-bond acceptors (Lipinski definition) is 3. The molecule has 0 aliphatic carbocycles. The van der Waals surface area contributed by atoms with E-state index < -0.39 is 5.95 Å². The minimum Gasteiger partial charge on any atom is -0.492 e. The Labute approximate surface area is 169 Å². The van der Waals surface area contributed by atoms with Crippen LogP contribution in [0.3, 0.4) is 0 Å². The maximum atomic E-state index is 13.2. The fraction of sp³-hybridized carbons (Fsp3) is 0.167. The summed E-state index contributed by atoms with van der Waals surface area (Å²) in [5, 5.41) is 1.26. The largest absolute Gasteiger partial charge is 0.492 e. The Balaban J connectivity index is 1.36. The maximum absolute atomic E-state index is 13.2. The lowest BCUT2D eigenvalue weighted by Gasteiger charge is -2.13. The molecule has 4 aromatic rings. The standard InChI is InChI=1S/C24H22FN3O/c1-17(10-20-14-28-23-5-3-2-4-22(20)23)16-29-21-11-19(13-26-15-21)7-6-18-8-9-27-24(25)12-18/h2-9,11-15,17,28H,10,16H2,1H3/b7-6+/t17-/m0/s1. The van der Waals surface area contributed by atoms with Crippen LogP contribution < -0.4 is 4.74 Å². The van der Waals surface area contributed by atoms with Crippen molar-refractivity contribution >= 4 is 23.1 Å². The van der Waals surface area contributed by atoms with E-state index in [1.807, 2.05) is 24.3 Å². The molecule has 5 heteroatoms. The Morgan fingerprint density at radius 1 is 1.10 bits per heavy atom. The van der Waals surface area contributed by atoms with E-state index in [2.05, 4.69) is 46.3 Å². The number of aromatic nitrogens is 3. The van der Waals surface area contributed by atoms with Gasteiger partial charge in [0.2, 0.25) is 5.95 Å². The molecule has 4 rings (SSSR count). The van der Waals surface area contributed by atoms with E-state index in [9.17, 15) is 4.39 Å². The van der Waals surface area contributed by atoms with Crippen LogP contribution in [0, 0.1) is 11.9 Å². The van der Waals surface area contributed by atoms with Crippen molar-refractivity contribution in [2.45, 2.75) is 13.3 Å². The molecule has 4 nitrogen and oxygen atoms in total. The Kier molecular flexibility index (Phi) is 5.66. The van der Waals surface area contributed by atoms with Gasteiger partial charge in [-0.3, -0.25) is 4.98 Å². The van der Waals surface area contributed by atoms with E-state index in [0.29, 0.717) is 12.5 Å². The van der Waals surface area contributed by atoms with Gasteiger partial charge in [0, 0.05) is 35.6 Å². The first kappa shape index (κ1) is 18.9. The number of pyridine rings is 2. The van der Waals surface area contributed by atoms with Crippen molar-refractivity contribution in [1.82, 2.24) is 15.0 Å². The molecule has 0 amide bonds. The first-order valence-electron chi connectivity index (χ1n) is 9.60. The number of nitrogens with zero attached hydrogens (tertiary/aromatic N) is 2. The van der Waals surface area contributed by atoms with Crippen molar-refractivity contribution in [3.8, 4) is 5.75 Å². The number of hydrogen-bond donors (Lipinski definition) is 1. The molecule has 0 unspecified atom stereocenters. The molecule has 0 aliphatic rings. The lowest BCUT2D eigenvalue weighted by atomic mass is 10.0. The first-order chi connectivity index (χ1) is 14.2. The third kappa shape index (κ3) is 4.88. The van der Waals surface area contributed by atoms with Gasteiger partial charge in [-0.2, -0.15) is 4.39 Å². The monoisotopic (exact) mass is 387 g/mol. The summed E-state index contributed by atoms with van der Waals surface area (Å²) >= 11 is 0. The van der Waals surface area contributed by atoms with Gasteiger partial charge in [-0.15, -0.1) is 0 Å². The van der Waals surface area contributed by atoms with Gasteiger partial charge in [-0.1, -0.05) is 37.3 Å². The van der Waals surface area contributed by atoms with Crippen LogP contribution in [0.2, 0.25) is 0 Å². The molecule has 0 radical (unpaired) electrons. The van der Waals surface area contributed by atoms with Crippen molar-refractivity contribution < 1.29 is 9.13 Å². The van der Waals surface area contributed by atoms with E-state index in [1.165, 1.54) is 23.2 Å². The molecular weight excluding hydrogens is 365 g/mol. The average Bonchev–Trinajstić information content (AvgIpc) is 3.14. The molecule has 0 saturated heterocycles. The van der Waals surface area contributed by atoms with Gasteiger partial charge in [0.15, 0.2) is 0 Å². The highest BCUT2D eigenvalue weighted by Crippen LogP contribution is 2.21. The summed E-state index contributed by atoms with van der Waals surface area (Å²) < 4.78 is 19.1. The summed E-state index contributed by atoms with van der Waals surface area (Å²) in [7, 11) is 0. The van der Waals surface area contributed by atoms with Gasteiger partial charge in [0.25, 0.3) is 0 Å². The van der Waals surface area contributed by atoms with Crippen molar-refractivity contribution in [2.24, 2.45) is 5.92 Å². The summed E-state index contributed by atoms with van der Waals surface area (Å²) in [5.74, 6) is 0.582. The van der Waals surface area contributed by atoms with Crippen molar-refractivity contribution in [2.75, 3.05) is 6.61 Å². The van der Waals surface area contributed by atoms with Crippen LogP contribution >= 0.6 is 0 Å². The number of fused-ring (bicyclic) bond motifs is 1. The highest BCUT2D eigenvalue weighted by molar-refractivity contribution is 5.83. The number of benzene rings is 1. The zero-order valence-electron chi connectivity index (χ0n) is 16.2. The predicted octanol–water partition coefficient (Wildman–Crippen LogP) is 5.53. The zero-order chi connectivity index (χ0) is 20.1. The second kappa shape index (κ2) is 8.69. The number of halogens is 1. The fourth-order valence-corrected chi connectivity index (χ4v) is 3.29. The van der Waals surface area contributed by atoms with Gasteiger partial charge in [0.1, 0.15) is 5.75 Å². The molecule has 1 aromatic carbocycles. The normalized spacial score (nSPS) is 12.5. The molecular formula is C24H22FN3O. The second-order valence-electron chi connectivity index (χ2n) is 7.18. The number of rotatable bonds is 7. The van der Waals surface area contributed by atoms with E-state index in [1.54, 1.807) is 18.5 Å². The highest BCUT2D eigenvalue weighted by Gasteiger charge is 2.09. The maximum Gasteiger partial charge on any atom is 0.213 e. The van der Waals surface area contributed by atoms with Crippen LogP contribution in [-0.4, -0.2) is 21.6 Å². The summed E-state index contributed by atoms with van der Waals surface area (Å²) in [5.41, 5.74) is 4.10. The number of ether oxygens (including phenoxy) is 1. The van der Waals surface area contributed by atoms with E-state index in [0.717, 1.165) is 28.8 Å². The summed E-state index contributed by atoms with van der Waals surface area (Å²) in [6.45, 7) is 2.78. The quantitative estimate of drug-likeness (QED) is 0.425. The molecule has 1 N–H and O–H groups in total. The predicted molar refractivity (Wildman–Crippen MR) is 114 cm³/mol. The number of para-hydroxylation sites is 1. The molecule has 0 fully saturated rings. The lowest BCUT2D eigenvalue weighted by molar-refractivity contribution is 0.259. The Hall–Kier alpha value is -3.47. The van der Waals surface area contributed by atoms with Crippen LogP contribution in [0.5, 0.6) is 5.75 Å². The fourth-order valence-electron chi connectivity index (χ4n) is 3.29. The van der Waals surface area contributed by atoms with E-state index in [4.69, 9.17) is 4.74 Å². The van der Waals surface area contributed by atoms with Crippen LogP contribution in [0.25, 0.3) is 23.1 Å². The minimum absolute atomic E-state index is 0.355. The van der Waals surface area contributed by atoms with Crippen LogP contribution in [0.1, 0.15) is 23.6 Å². The SMILES string of the molecule is C[C@H](COc1cncc(/C=C/c2ccnc(F)c2)c1)Cc1c[nH]c2ccccc12. The summed E-state index contributed by atoms with van der Waals surface area (Å²) in [6.07, 6.45) is 11.6. The van der Waals surface area contributed by atoms with Crippen molar-refractivity contribution in [3.63, 3.8) is 0 Å². The van der Waals surface area contributed by atoms with Crippen molar-refractivity contribution in [1.29, 1.82) is 0 Å². The number of nitrogens with one attached hydrogen (secondary N) is 1. The smallest absolute Gasteiger partial charge is 0.213 e. The topological polar surface area (TPSA) is 50.8 Å². The Morgan fingerprint density at radius 2 is 1.97 bits per heavy atom. The molecule has 0 bridgehead atoms. The zero-order valence-corrected chi connectivity index (χ0v) is 16.2. The van der Waals surface area contributed by atoms with Gasteiger partial charge >= 0.3 is 0 Å². The van der Waals surface area contributed by atoms with Crippen LogP contribution in [-0.2, 0) is 6.42 Å². The van der Waals surface area contributed by atoms with E-state index in [-0.39, 0.29) is 0 Å². The molecule has 146 valence electrons. The molecule has 1 atom stereocenters. The average molecular weight is 387 g/mol. The Bertz CT molecular complexity index is 1140. The molecule has 3 heterocycles. The third-order valence-electron chi connectivity index (χ3n) is 4.73. The third-order valence-corrected chi connectivity index (χ3v) is 4.73. The van der Waals surface area contributed by atoms with Gasteiger partial charge in [0.05, 0.1) is 12.8 Å². The van der Waals surface area contributed by atoms with Gasteiger partial charge in [-0.25, -0.2) is 4.98 Å². The minimum atomic E-state index is -0.494. The number of H-pyrrole nitrogens is 1. The summed E-state index contributed by atoms with van der Waals surface area (Å²) in [6, 6.07) is 13.4. The van der Waals surface area contributed by atoms with Crippen LogP contribution in [0.4, 0.5) is 4.39 Å². The van der Waals surface area contributed by atoms with Crippen LogP contribution in [0.15, 0.2) is 67.3 Å². The first-order valence-corrected chi connectivity index (χ1v) is 9.60. The molecule has 3 aromatic heterocycles.